The molecule has 1 fully saturated rings. The zero-order valence-corrected chi connectivity index (χ0v) is 13.9. The first-order chi connectivity index (χ1) is 8.79. The molecule has 0 unspecified atom stereocenters. The van der Waals surface area contributed by atoms with Gasteiger partial charge in [-0.2, -0.15) is 0 Å². The molecule has 1 aliphatic carbocycles. The summed E-state index contributed by atoms with van der Waals surface area (Å²) >= 11 is 7.15. The minimum Gasteiger partial charge on any atom is -0.295 e. The van der Waals surface area contributed by atoms with E-state index in [-0.39, 0.29) is 0 Å². The van der Waals surface area contributed by atoms with Crippen LogP contribution in [0, 0.1) is 0 Å². The van der Waals surface area contributed by atoms with Crippen LogP contribution in [0.5, 0.6) is 0 Å². The van der Waals surface area contributed by atoms with Gasteiger partial charge in [-0.25, -0.2) is 0 Å². The molecule has 100 valence electrons. The Morgan fingerprint density at radius 1 is 1.17 bits per heavy atom. The van der Waals surface area contributed by atoms with Crippen LogP contribution < -0.4 is 0 Å². The Morgan fingerprint density at radius 3 is 2.61 bits per heavy atom. The van der Waals surface area contributed by atoms with Crippen molar-refractivity contribution in [3.8, 4) is 0 Å². The maximum Gasteiger partial charge on any atom is 0.0237 e. The van der Waals surface area contributed by atoms with Crippen LogP contribution in [0.25, 0.3) is 0 Å². The van der Waals surface area contributed by atoms with Crippen molar-refractivity contribution in [2.75, 3.05) is 11.9 Å². The highest BCUT2D eigenvalue weighted by Gasteiger charge is 2.20. The monoisotopic (exact) mass is 373 g/mol. The van der Waals surface area contributed by atoms with E-state index in [2.05, 4.69) is 61.0 Å². The molecule has 1 nitrogen and oxygen atoms in total. The van der Waals surface area contributed by atoms with E-state index in [9.17, 15) is 0 Å². The summed E-state index contributed by atoms with van der Waals surface area (Å²) < 4.78 is 1.18. The first-order valence-corrected chi connectivity index (χ1v) is 8.75. The lowest BCUT2D eigenvalue weighted by molar-refractivity contribution is 0.158. The molecule has 1 aromatic rings. The predicted octanol–water partition coefficient (Wildman–Crippen LogP) is 4.98. The van der Waals surface area contributed by atoms with E-state index in [0.717, 1.165) is 24.5 Å². The summed E-state index contributed by atoms with van der Waals surface area (Å²) in [7, 11) is 0. The van der Waals surface area contributed by atoms with Gasteiger partial charge in [-0.3, -0.25) is 4.90 Å². The molecular weight excluding hydrogens is 354 g/mol. The van der Waals surface area contributed by atoms with Crippen molar-refractivity contribution < 1.29 is 0 Å². The van der Waals surface area contributed by atoms with Crippen molar-refractivity contribution in [3.63, 3.8) is 0 Å². The van der Waals surface area contributed by atoms with Crippen molar-refractivity contribution in [2.24, 2.45) is 0 Å². The molecule has 0 amide bonds. The Hall–Kier alpha value is 0.140. The lowest BCUT2D eigenvalue weighted by atomic mass is 9.94. The smallest absolute Gasteiger partial charge is 0.0237 e. The van der Waals surface area contributed by atoms with Crippen LogP contribution in [0.3, 0.4) is 0 Å². The average molecular weight is 375 g/mol. The van der Waals surface area contributed by atoms with Gasteiger partial charge in [-0.1, -0.05) is 63.3 Å². The van der Waals surface area contributed by atoms with Crippen LogP contribution in [-0.4, -0.2) is 22.8 Å². The first kappa shape index (κ1) is 14.5. The Labute approximate surface area is 127 Å². The molecule has 1 aromatic carbocycles. The molecule has 1 aliphatic rings. The van der Waals surface area contributed by atoms with Gasteiger partial charge < -0.3 is 0 Å². The zero-order chi connectivity index (χ0) is 12.8. The van der Waals surface area contributed by atoms with E-state index in [1.165, 1.54) is 42.1 Å². The molecule has 0 aliphatic heterocycles. The van der Waals surface area contributed by atoms with Crippen molar-refractivity contribution >= 4 is 31.9 Å². The minimum atomic E-state index is 0.787. The van der Waals surface area contributed by atoms with Crippen molar-refractivity contribution in [2.45, 2.75) is 44.7 Å². The number of benzene rings is 1. The number of alkyl halides is 1. The normalized spacial score (nSPS) is 17.3. The number of hydrogen-bond acceptors (Lipinski definition) is 1. The van der Waals surface area contributed by atoms with E-state index < -0.39 is 0 Å². The van der Waals surface area contributed by atoms with Gasteiger partial charge >= 0.3 is 0 Å². The topological polar surface area (TPSA) is 3.24 Å². The van der Waals surface area contributed by atoms with Crippen LogP contribution in [-0.2, 0) is 6.54 Å². The highest BCUT2D eigenvalue weighted by Crippen LogP contribution is 2.24. The summed E-state index contributed by atoms with van der Waals surface area (Å²) in [5.41, 5.74) is 1.41. The minimum absolute atomic E-state index is 0.787. The molecule has 0 radical (unpaired) electrons. The summed E-state index contributed by atoms with van der Waals surface area (Å²) in [5, 5.41) is 1.07. The number of hydrogen-bond donors (Lipinski definition) is 0. The molecule has 1 saturated carbocycles. The van der Waals surface area contributed by atoms with Crippen molar-refractivity contribution in [3.05, 3.63) is 34.3 Å². The number of rotatable bonds is 5. The fourth-order valence-electron chi connectivity index (χ4n) is 2.82. The molecular formula is C15H21Br2N. The van der Waals surface area contributed by atoms with Gasteiger partial charge in [-0.05, 0) is 30.5 Å². The fraction of sp³-hybridized carbons (Fsp3) is 0.600. The van der Waals surface area contributed by atoms with E-state index >= 15 is 0 Å². The second kappa shape index (κ2) is 7.66. The molecule has 0 bridgehead atoms. The van der Waals surface area contributed by atoms with E-state index in [1.807, 2.05) is 0 Å². The molecule has 0 atom stereocenters. The van der Waals surface area contributed by atoms with Crippen LogP contribution in [0.15, 0.2) is 28.7 Å². The van der Waals surface area contributed by atoms with Gasteiger partial charge in [0.15, 0.2) is 0 Å². The maximum atomic E-state index is 3.59. The Balaban J connectivity index is 2.00. The van der Waals surface area contributed by atoms with Crippen LogP contribution in [0.2, 0.25) is 0 Å². The van der Waals surface area contributed by atoms with Crippen LogP contribution in [0.1, 0.15) is 37.7 Å². The van der Waals surface area contributed by atoms with Crippen molar-refractivity contribution in [1.29, 1.82) is 0 Å². The summed E-state index contributed by atoms with van der Waals surface area (Å²) in [6.07, 6.45) is 6.99. The third-order valence-electron chi connectivity index (χ3n) is 3.74. The molecule has 18 heavy (non-hydrogen) atoms. The molecule has 0 N–H and O–H groups in total. The SMILES string of the molecule is BrCCN(Cc1cccc(Br)c1)C1CCCCC1. The second-order valence-electron chi connectivity index (χ2n) is 5.08. The maximum absolute atomic E-state index is 3.59. The lowest BCUT2D eigenvalue weighted by Crippen LogP contribution is -2.37. The predicted molar refractivity (Wildman–Crippen MR) is 85.2 cm³/mol. The number of halogens is 2. The molecule has 0 spiro atoms. The molecule has 0 aromatic heterocycles. The first-order valence-electron chi connectivity index (χ1n) is 6.84. The quantitative estimate of drug-likeness (QED) is 0.657. The Bertz CT molecular complexity index is 361. The Morgan fingerprint density at radius 2 is 1.94 bits per heavy atom. The van der Waals surface area contributed by atoms with E-state index in [4.69, 9.17) is 0 Å². The van der Waals surface area contributed by atoms with E-state index in [0.29, 0.717) is 0 Å². The van der Waals surface area contributed by atoms with Crippen LogP contribution in [0.4, 0.5) is 0 Å². The average Bonchev–Trinajstić information content (AvgIpc) is 2.39. The van der Waals surface area contributed by atoms with Gasteiger partial charge in [0.05, 0.1) is 0 Å². The summed E-state index contributed by atoms with van der Waals surface area (Å²) in [6.45, 7) is 2.23. The summed E-state index contributed by atoms with van der Waals surface area (Å²) in [6, 6.07) is 9.49. The molecule has 0 saturated heterocycles. The zero-order valence-electron chi connectivity index (χ0n) is 10.7. The molecule has 2 rings (SSSR count). The van der Waals surface area contributed by atoms with Crippen molar-refractivity contribution in [1.82, 2.24) is 4.90 Å². The largest absolute Gasteiger partial charge is 0.295 e. The van der Waals surface area contributed by atoms with Gasteiger partial charge in [0, 0.05) is 28.9 Å². The summed E-state index contributed by atoms with van der Waals surface area (Å²) in [5.74, 6) is 0. The molecule has 3 heteroatoms. The highest BCUT2D eigenvalue weighted by molar-refractivity contribution is 9.10. The van der Waals surface area contributed by atoms with Gasteiger partial charge in [0.1, 0.15) is 0 Å². The van der Waals surface area contributed by atoms with Crippen LogP contribution >= 0.6 is 31.9 Å². The standard InChI is InChI=1S/C15H21Br2N/c16-9-10-18(15-7-2-1-3-8-15)12-13-5-4-6-14(17)11-13/h4-6,11,15H,1-3,7-10,12H2. The van der Waals surface area contributed by atoms with Gasteiger partial charge in [0.2, 0.25) is 0 Å². The second-order valence-corrected chi connectivity index (χ2v) is 6.79. The lowest BCUT2D eigenvalue weighted by Gasteiger charge is -2.34. The number of nitrogens with zero attached hydrogens (tertiary/aromatic N) is 1. The van der Waals surface area contributed by atoms with Gasteiger partial charge in [-0.15, -0.1) is 0 Å². The Kier molecular flexibility index (Phi) is 6.19. The third kappa shape index (κ3) is 4.36. The summed E-state index contributed by atoms with van der Waals surface area (Å²) in [4.78, 5) is 2.65. The van der Waals surface area contributed by atoms with E-state index in [1.54, 1.807) is 0 Å². The third-order valence-corrected chi connectivity index (χ3v) is 4.59. The highest BCUT2D eigenvalue weighted by atomic mass is 79.9. The van der Waals surface area contributed by atoms with Gasteiger partial charge in [0.25, 0.3) is 0 Å². The molecule has 0 heterocycles. The fourth-order valence-corrected chi connectivity index (χ4v) is 3.72.